The lowest BCUT2D eigenvalue weighted by Gasteiger charge is -2.41. The summed E-state index contributed by atoms with van der Waals surface area (Å²) in [6, 6.07) is 7.85. The lowest BCUT2D eigenvalue weighted by atomic mass is 9.77. The summed E-state index contributed by atoms with van der Waals surface area (Å²) in [5.74, 6) is 0.726. The van der Waals surface area contributed by atoms with Gasteiger partial charge in [-0.3, -0.25) is 9.69 Å². The number of aromatic nitrogens is 2. The molecule has 6 nitrogen and oxygen atoms in total. The molecule has 0 aliphatic carbocycles. The second-order valence-corrected chi connectivity index (χ2v) is 7.70. The maximum Gasteiger partial charge on any atom is 0.313 e. The van der Waals surface area contributed by atoms with E-state index in [2.05, 4.69) is 20.5 Å². The summed E-state index contributed by atoms with van der Waals surface area (Å²) < 4.78 is 12.8. The molecule has 28 heavy (non-hydrogen) atoms. The second-order valence-electron chi connectivity index (χ2n) is 7.26. The molecule has 3 heterocycles. The molecule has 0 bridgehead atoms. The maximum atomic E-state index is 12.8. The van der Waals surface area contributed by atoms with Crippen LogP contribution in [-0.4, -0.2) is 53.8 Å². The lowest BCUT2D eigenvalue weighted by Crippen LogP contribution is -2.49. The van der Waals surface area contributed by atoms with Crippen LogP contribution in [0, 0.1) is 5.41 Å². The van der Waals surface area contributed by atoms with E-state index in [0.29, 0.717) is 31.2 Å². The Morgan fingerprint density at radius 2 is 2.21 bits per heavy atom. The van der Waals surface area contributed by atoms with Gasteiger partial charge in [-0.15, -0.1) is 0 Å². The lowest BCUT2D eigenvalue weighted by molar-refractivity contribution is -0.160. The molecular weight excluding hydrogens is 378 g/mol. The Labute approximate surface area is 171 Å². The van der Waals surface area contributed by atoms with Gasteiger partial charge in [0.05, 0.1) is 17.0 Å². The van der Waals surface area contributed by atoms with Gasteiger partial charge in [0.2, 0.25) is 0 Å². The number of esters is 1. The highest BCUT2D eigenvalue weighted by Crippen LogP contribution is 2.36. The van der Waals surface area contributed by atoms with Crippen molar-refractivity contribution in [3.05, 3.63) is 47.4 Å². The van der Waals surface area contributed by atoms with Gasteiger partial charge in [-0.2, -0.15) is 0 Å². The number of ether oxygens (including phenoxy) is 2. The van der Waals surface area contributed by atoms with Crippen molar-refractivity contribution in [3.63, 3.8) is 0 Å². The molecule has 1 aliphatic rings. The zero-order valence-corrected chi connectivity index (χ0v) is 17.3. The Balaban J connectivity index is 1.77. The van der Waals surface area contributed by atoms with E-state index in [1.54, 1.807) is 13.3 Å². The first kappa shape index (κ1) is 20.8. The average molecular weight is 406 g/mol. The minimum Gasteiger partial charge on any atom is -0.466 e. The van der Waals surface area contributed by atoms with E-state index in [9.17, 15) is 4.79 Å². The molecule has 7 heteroatoms. The highest BCUT2D eigenvalue weighted by molar-refractivity contribution is 6.30. The van der Waals surface area contributed by atoms with Crippen LogP contribution < -0.4 is 0 Å². The van der Waals surface area contributed by atoms with Crippen LogP contribution >= 0.6 is 11.6 Å². The van der Waals surface area contributed by atoms with Crippen molar-refractivity contribution < 1.29 is 14.3 Å². The van der Waals surface area contributed by atoms with Crippen molar-refractivity contribution in [3.8, 4) is 5.82 Å². The molecule has 0 radical (unpaired) electrons. The van der Waals surface area contributed by atoms with Crippen molar-refractivity contribution >= 4 is 17.6 Å². The molecule has 0 amide bonds. The maximum absolute atomic E-state index is 12.8. The van der Waals surface area contributed by atoms with Crippen molar-refractivity contribution in [1.82, 2.24) is 14.5 Å². The molecule has 2 aromatic heterocycles. The van der Waals surface area contributed by atoms with E-state index in [-0.39, 0.29) is 5.97 Å². The molecule has 2 aromatic rings. The number of pyridine rings is 1. The summed E-state index contributed by atoms with van der Waals surface area (Å²) in [5.41, 5.74) is 0.626. The topological polar surface area (TPSA) is 56.6 Å². The third kappa shape index (κ3) is 4.74. The van der Waals surface area contributed by atoms with Crippen LogP contribution in [0.2, 0.25) is 5.02 Å². The van der Waals surface area contributed by atoms with E-state index in [0.717, 1.165) is 37.4 Å². The molecule has 3 rings (SSSR count). The van der Waals surface area contributed by atoms with Gasteiger partial charge in [0.25, 0.3) is 0 Å². The fourth-order valence-corrected chi connectivity index (χ4v) is 4.04. The zero-order chi connectivity index (χ0) is 20.0. The Bertz CT molecular complexity index is 777. The van der Waals surface area contributed by atoms with Crippen LogP contribution in [0.1, 0.15) is 31.9 Å². The minimum atomic E-state index is -0.500. The first-order valence-corrected chi connectivity index (χ1v) is 10.1. The van der Waals surface area contributed by atoms with Crippen molar-refractivity contribution in [2.24, 2.45) is 5.41 Å². The fraction of sp³-hybridized carbons (Fsp3) is 0.524. The molecule has 1 aliphatic heterocycles. The van der Waals surface area contributed by atoms with Crippen LogP contribution in [0.5, 0.6) is 0 Å². The normalized spacial score (nSPS) is 20.2. The predicted octanol–water partition coefficient (Wildman–Crippen LogP) is 3.71. The first-order chi connectivity index (χ1) is 13.6. The SMILES string of the molecule is CCOC(=O)[C@@]1(CCOC)CCCN(Cc2cccn2-c2ccc(Cl)cn2)C1. The molecule has 1 fully saturated rings. The number of hydrogen-bond acceptors (Lipinski definition) is 5. The van der Waals surface area contributed by atoms with Gasteiger partial charge < -0.3 is 14.0 Å². The summed E-state index contributed by atoms with van der Waals surface area (Å²) in [5, 5.41) is 0.617. The van der Waals surface area contributed by atoms with Crippen LogP contribution in [0.15, 0.2) is 36.7 Å². The quantitative estimate of drug-likeness (QED) is 0.626. The molecule has 0 spiro atoms. The first-order valence-electron chi connectivity index (χ1n) is 9.74. The number of carbonyl (C=O) groups is 1. The van der Waals surface area contributed by atoms with E-state index < -0.39 is 5.41 Å². The highest BCUT2D eigenvalue weighted by atomic mass is 35.5. The fourth-order valence-electron chi connectivity index (χ4n) is 3.92. The van der Waals surface area contributed by atoms with E-state index >= 15 is 0 Å². The van der Waals surface area contributed by atoms with E-state index in [1.807, 2.05) is 31.3 Å². The number of rotatable bonds is 8. The number of nitrogens with zero attached hydrogens (tertiary/aromatic N) is 3. The molecular formula is C21H28ClN3O3. The van der Waals surface area contributed by atoms with Crippen molar-refractivity contribution in [2.75, 3.05) is 33.4 Å². The standard InChI is InChI=1S/C21H28ClN3O3/c1-3-28-20(26)21(10-13-27-2)9-5-11-24(16-21)15-18-6-4-12-25(18)19-8-7-17(22)14-23-19/h4,6-8,12,14H,3,5,9-11,13,15-16H2,1-2H3/t21-/m1/s1. The van der Waals surface area contributed by atoms with Gasteiger partial charge in [-0.25, -0.2) is 4.98 Å². The van der Waals surface area contributed by atoms with Crippen molar-refractivity contribution in [2.45, 2.75) is 32.7 Å². The third-order valence-electron chi connectivity index (χ3n) is 5.33. The van der Waals surface area contributed by atoms with Crippen LogP contribution in [0.25, 0.3) is 5.82 Å². The largest absolute Gasteiger partial charge is 0.466 e. The molecule has 0 aromatic carbocycles. The van der Waals surface area contributed by atoms with Gasteiger partial charge >= 0.3 is 5.97 Å². The smallest absolute Gasteiger partial charge is 0.313 e. The third-order valence-corrected chi connectivity index (χ3v) is 5.55. The summed E-state index contributed by atoms with van der Waals surface area (Å²) >= 11 is 5.96. The molecule has 0 unspecified atom stereocenters. The number of halogens is 1. The van der Waals surface area contributed by atoms with Gasteiger partial charge in [-0.05, 0) is 57.0 Å². The number of carbonyl (C=O) groups excluding carboxylic acids is 1. The van der Waals surface area contributed by atoms with Crippen molar-refractivity contribution in [1.29, 1.82) is 0 Å². The Kier molecular flexibility index (Phi) is 7.10. The highest BCUT2D eigenvalue weighted by Gasteiger charge is 2.43. The van der Waals surface area contributed by atoms with Crippen LogP contribution in [-0.2, 0) is 20.8 Å². The monoisotopic (exact) mass is 405 g/mol. The van der Waals surface area contributed by atoms with Gasteiger partial charge in [-0.1, -0.05) is 11.6 Å². The number of methoxy groups -OCH3 is 1. The Morgan fingerprint density at radius 1 is 1.36 bits per heavy atom. The summed E-state index contributed by atoms with van der Waals surface area (Å²) in [7, 11) is 1.67. The average Bonchev–Trinajstić information content (AvgIpc) is 3.15. The molecule has 1 atom stereocenters. The Morgan fingerprint density at radius 3 is 2.93 bits per heavy atom. The minimum absolute atomic E-state index is 0.105. The molecule has 0 N–H and O–H groups in total. The van der Waals surface area contributed by atoms with Gasteiger partial charge in [0.1, 0.15) is 5.82 Å². The number of piperidine rings is 1. The van der Waals surface area contributed by atoms with Gasteiger partial charge in [0, 0.05) is 44.9 Å². The number of likely N-dealkylation sites (tertiary alicyclic amines) is 1. The van der Waals surface area contributed by atoms with Gasteiger partial charge in [0.15, 0.2) is 0 Å². The predicted molar refractivity (Wildman–Crippen MR) is 109 cm³/mol. The molecule has 152 valence electrons. The molecule has 1 saturated heterocycles. The molecule has 0 saturated carbocycles. The second kappa shape index (κ2) is 9.54. The number of hydrogen-bond donors (Lipinski definition) is 0. The summed E-state index contributed by atoms with van der Waals surface area (Å²) in [6.45, 7) is 5.18. The summed E-state index contributed by atoms with van der Waals surface area (Å²) in [4.78, 5) is 19.5. The zero-order valence-electron chi connectivity index (χ0n) is 16.6. The van der Waals surface area contributed by atoms with E-state index in [4.69, 9.17) is 21.1 Å². The summed E-state index contributed by atoms with van der Waals surface area (Å²) in [6.07, 6.45) is 6.13. The van der Waals surface area contributed by atoms with Crippen LogP contribution in [0.4, 0.5) is 0 Å². The van der Waals surface area contributed by atoms with Crippen LogP contribution in [0.3, 0.4) is 0 Å². The Hall–Kier alpha value is -1.89. The van der Waals surface area contributed by atoms with E-state index in [1.165, 1.54) is 0 Å².